The fourth-order valence-electron chi connectivity index (χ4n) is 3.08. The summed E-state index contributed by atoms with van der Waals surface area (Å²) in [7, 11) is 0. The Morgan fingerprint density at radius 2 is 1.74 bits per heavy atom. The Morgan fingerprint density at radius 1 is 1.05 bits per heavy atom. The molecule has 1 amide bonds. The molecule has 0 heterocycles. The van der Waals surface area contributed by atoms with Crippen molar-refractivity contribution in [3.63, 3.8) is 0 Å². The van der Waals surface area contributed by atoms with Gasteiger partial charge < -0.3 is 10.6 Å². The molecule has 0 spiro atoms. The van der Waals surface area contributed by atoms with E-state index in [1.807, 2.05) is 0 Å². The van der Waals surface area contributed by atoms with Crippen LogP contribution in [-0.2, 0) is 4.79 Å². The Labute approximate surface area is 117 Å². The Hall–Kier alpha value is -0.570. The average molecular weight is 266 g/mol. The molecule has 0 radical (unpaired) electrons. The molecule has 0 aromatic rings. The predicted octanol–water partition coefficient (Wildman–Crippen LogP) is 2.85. The lowest BCUT2D eigenvalue weighted by molar-refractivity contribution is -0.121. The third-order valence-electron chi connectivity index (χ3n) is 4.59. The van der Waals surface area contributed by atoms with Gasteiger partial charge in [-0.3, -0.25) is 4.79 Å². The lowest BCUT2D eigenvalue weighted by Crippen LogP contribution is -2.42. The molecular weight excluding hydrogens is 236 g/mol. The van der Waals surface area contributed by atoms with Crippen LogP contribution in [0.1, 0.15) is 64.7 Å². The molecule has 0 bridgehead atoms. The first-order valence-corrected chi connectivity index (χ1v) is 8.28. The van der Waals surface area contributed by atoms with Gasteiger partial charge in [0.25, 0.3) is 0 Å². The van der Waals surface area contributed by atoms with Crippen LogP contribution in [0.2, 0.25) is 0 Å². The Morgan fingerprint density at radius 3 is 2.37 bits per heavy atom. The van der Waals surface area contributed by atoms with Crippen molar-refractivity contribution in [1.29, 1.82) is 0 Å². The second kappa shape index (κ2) is 7.88. The molecule has 0 aromatic carbocycles. The highest BCUT2D eigenvalue weighted by Gasteiger charge is 2.23. The van der Waals surface area contributed by atoms with Crippen LogP contribution in [0.5, 0.6) is 0 Å². The highest BCUT2D eigenvalue weighted by Crippen LogP contribution is 2.28. The van der Waals surface area contributed by atoms with E-state index < -0.39 is 0 Å². The van der Waals surface area contributed by atoms with E-state index in [0.717, 1.165) is 18.4 Å². The first-order chi connectivity index (χ1) is 9.28. The number of nitrogens with one attached hydrogen (secondary N) is 2. The van der Waals surface area contributed by atoms with Gasteiger partial charge in [-0.2, -0.15) is 0 Å². The third kappa shape index (κ3) is 5.94. The fraction of sp³-hybridized carbons (Fsp3) is 0.938. The van der Waals surface area contributed by atoms with Gasteiger partial charge in [0.2, 0.25) is 5.91 Å². The van der Waals surface area contributed by atoms with Gasteiger partial charge in [-0.05, 0) is 56.9 Å². The summed E-state index contributed by atoms with van der Waals surface area (Å²) in [5, 5.41) is 6.45. The first kappa shape index (κ1) is 14.8. The maximum Gasteiger partial charge on any atom is 0.234 e. The van der Waals surface area contributed by atoms with Crippen LogP contribution in [0, 0.1) is 11.8 Å². The maximum absolute atomic E-state index is 11.8. The van der Waals surface area contributed by atoms with Crippen molar-refractivity contribution in [3.8, 4) is 0 Å². The zero-order chi connectivity index (χ0) is 13.5. The molecule has 0 atom stereocenters. The number of hydrogen-bond donors (Lipinski definition) is 2. The van der Waals surface area contributed by atoms with E-state index in [9.17, 15) is 4.79 Å². The van der Waals surface area contributed by atoms with Crippen molar-refractivity contribution in [1.82, 2.24) is 10.6 Å². The Bertz CT molecular complexity index is 268. The fourth-order valence-corrected chi connectivity index (χ4v) is 3.08. The summed E-state index contributed by atoms with van der Waals surface area (Å²) in [6, 6.07) is 0.438. The molecule has 3 nitrogen and oxygen atoms in total. The summed E-state index contributed by atoms with van der Waals surface area (Å²) in [4.78, 5) is 11.8. The van der Waals surface area contributed by atoms with Crippen molar-refractivity contribution in [2.24, 2.45) is 11.8 Å². The normalized spacial score (nSPS) is 27.2. The summed E-state index contributed by atoms with van der Waals surface area (Å²) in [5.41, 5.74) is 0. The van der Waals surface area contributed by atoms with Crippen LogP contribution in [-0.4, -0.2) is 25.0 Å². The molecule has 110 valence electrons. The molecule has 2 rings (SSSR count). The van der Waals surface area contributed by atoms with Gasteiger partial charge >= 0.3 is 0 Å². The van der Waals surface area contributed by atoms with Gasteiger partial charge in [-0.25, -0.2) is 0 Å². The third-order valence-corrected chi connectivity index (χ3v) is 4.59. The minimum Gasteiger partial charge on any atom is -0.352 e. The summed E-state index contributed by atoms with van der Waals surface area (Å²) in [5.74, 6) is 1.96. The minimum absolute atomic E-state index is 0.192. The summed E-state index contributed by atoms with van der Waals surface area (Å²) in [6.07, 6.45) is 11.7. The molecule has 2 N–H and O–H groups in total. The molecule has 0 aromatic heterocycles. The van der Waals surface area contributed by atoms with Gasteiger partial charge in [0.05, 0.1) is 6.54 Å². The van der Waals surface area contributed by atoms with Gasteiger partial charge in [0.1, 0.15) is 0 Å². The topological polar surface area (TPSA) is 41.1 Å². The van der Waals surface area contributed by atoms with Crippen LogP contribution < -0.4 is 10.6 Å². The van der Waals surface area contributed by atoms with E-state index in [1.165, 1.54) is 57.8 Å². The molecule has 2 fully saturated rings. The number of unbranched alkanes of at least 4 members (excludes halogenated alkanes) is 1. The minimum atomic E-state index is 0.192. The number of carbonyl (C=O) groups is 1. The van der Waals surface area contributed by atoms with E-state index in [4.69, 9.17) is 0 Å². The molecule has 2 aliphatic rings. The zero-order valence-electron chi connectivity index (χ0n) is 12.4. The van der Waals surface area contributed by atoms with E-state index >= 15 is 0 Å². The molecule has 0 saturated heterocycles. The maximum atomic E-state index is 11.8. The second-order valence-electron chi connectivity index (χ2n) is 6.50. The Balaban J connectivity index is 1.52. The van der Waals surface area contributed by atoms with Crippen LogP contribution in [0.4, 0.5) is 0 Å². The van der Waals surface area contributed by atoms with Gasteiger partial charge in [0, 0.05) is 6.04 Å². The van der Waals surface area contributed by atoms with E-state index in [0.29, 0.717) is 12.6 Å². The van der Waals surface area contributed by atoms with Crippen molar-refractivity contribution < 1.29 is 4.79 Å². The summed E-state index contributed by atoms with van der Waals surface area (Å²) >= 11 is 0. The van der Waals surface area contributed by atoms with E-state index in [1.54, 1.807) is 0 Å². The number of hydrogen-bond acceptors (Lipinski definition) is 2. The predicted molar refractivity (Wildman–Crippen MR) is 79.0 cm³/mol. The average Bonchev–Trinajstić information content (AvgIpc) is 3.22. The lowest BCUT2D eigenvalue weighted by atomic mass is 9.83. The van der Waals surface area contributed by atoms with Crippen molar-refractivity contribution in [2.75, 3.05) is 13.1 Å². The molecule has 2 saturated carbocycles. The lowest BCUT2D eigenvalue weighted by Gasteiger charge is -2.29. The second-order valence-corrected chi connectivity index (χ2v) is 6.50. The van der Waals surface area contributed by atoms with Crippen LogP contribution in [0.3, 0.4) is 0 Å². The van der Waals surface area contributed by atoms with Crippen molar-refractivity contribution >= 4 is 5.91 Å². The van der Waals surface area contributed by atoms with Crippen LogP contribution in [0.15, 0.2) is 0 Å². The molecular formula is C16H30N2O. The number of rotatable bonds is 8. The van der Waals surface area contributed by atoms with E-state index in [-0.39, 0.29) is 5.91 Å². The monoisotopic (exact) mass is 266 g/mol. The number of amides is 1. The highest BCUT2D eigenvalue weighted by atomic mass is 16.1. The molecule has 3 heteroatoms. The molecule has 0 aliphatic heterocycles. The van der Waals surface area contributed by atoms with Gasteiger partial charge in [-0.1, -0.05) is 26.2 Å². The Kier molecular flexibility index (Phi) is 6.15. The van der Waals surface area contributed by atoms with Crippen molar-refractivity contribution in [3.05, 3.63) is 0 Å². The van der Waals surface area contributed by atoms with Crippen molar-refractivity contribution in [2.45, 2.75) is 70.8 Å². The van der Waals surface area contributed by atoms with Gasteiger partial charge in [0.15, 0.2) is 0 Å². The molecule has 2 aliphatic carbocycles. The quantitative estimate of drug-likeness (QED) is 0.709. The van der Waals surface area contributed by atoms with Crippen LogP contribution >= 0.6 is 0 Å². The molecule has 19 heavy (non-hydrogen) atoms. The van der Waals surface area contributed by atoms with E-state index in [2.05, 4.69) is 17.6 Å². The standard InChI is InChI=1S/C16H30N2O/c1-2-3-4-13-7-9-15(10-8-13)18-16(19)12-17-11-14-5-6-14/h13-15,17H,2-12H2,1H3,(H,18,19). The zero-order valence-corrected chi connectivity index (χ0v) is 12.4. The highest BCUT2D eigenvalue weighted by molar-refractivity contribution is 5.78. The smallest absolute Gasteiger partial charge is 0.234 e. The summed E-state index contributed by atoms with van der Waals surface area (Å²) in [6.45, 7) is 3.80. The first-order valence-electron chi connectivity index (χ1n) is 8.28. The number of carbonyl (C=O) groups excluding carboxylic acids is 1. The van der Waals surface area contributed by atoms with Crippen LogP contribution in [0.25, 0.3) is 0 Å². The summed E-state index contributed by atoms with van der Waals surface area (Å²) < 4.78 is 0. The molecule has 0 unspecified atom stereocenters. The SMILES string of the molecule is CCCCC1CCC(NC(=O)CNCC2CC2)CC1. The largest absolute Gasteiger partial charge is 0.352 e. The van der Waals surface area contributed by atoms with Gasteiger partial charge in [-0.15, -0.1) is 0 Å².